The van der Waals surface area contributed by atoms with Crippen LogP contribution in [0.3, 0.4) is 0 Å². The van der Waals surface area contributed by atoms with Gasteiger partial charge in [-0.05, 0) is 5.56 Å². The third-order valence-corrected chi connectivity index (χ3v) is 3.42. The summed E-state index contributed by atoms with van der Waals surface area (Å²) < 4.78 is 11.8. The van der Waals surface area contributed by atoms with Gasteiger partial charge in [0, 0.05) is 0 Å². The van der Waals surface area contributed by atoms with Crippen LogP contribution in [0.1, 0.15) is 5.56 Å². The Morgan fingerprint density at radius 1 is 1.44 bits per heavy atom. The van der Waals surface area contributed by atoms with Gasteiger partial charge >= 0.3 is 0 Å². The van der Waals surface area contributed by atoms with Gasteiger partial charge in [0.1, 0.15) is 6.04 Å². The Balaban J connectivity index is 1.83. The molecule has 1 aliphatic rings. The van der Waals surface area contributed by atoms with Crippen molar-refractivity contribution in [3.8, 4) is 0 Å². The summed E-state index contributed by atoms with van der Waals surface area (Å²) in [5, 5.41) is 7.65. The molecule has 6 nitrogen and oxygen atoms in total. The van der Waals surface area contributed by atoms with E-state index in [0.717, 1.165) is 9.87 Å². The van der Waals surface area contributed by atoms with Crippen molar-refractivity contribution in [2.24, 2.45) is 5.14 Å². The first kappa shape index (κ1) is 12.7. The van der Waals surface area contributed by atoms with E-state index < -0.39 is 23.1 Å². The van der Waals surface area contributed by atoms with Gasteiger partial charge in [-0.15, -0.1) is 0 Å². The van der Waals surface area contributed by atoms with Crippen molar-refractivity contribution in [2.75, 3.05) is 6.54 Å². The van der Waals surface area contributed by atoms with Crippen LogP contribution >= 0.6 is 0 Å². The fraction of sp³-hybridized carbons (Fsp3) is 0.273. The molecule has 1 aromatic carbocycles. The number of nitrogens with zero attached hydrogens (tertiary/aromatic N) is 1. The van der Waals surface area contributed by atoms with E-state index in [9.17, 15) is 13.8 Å². The lowest BCUT2D eigenvalue weighted by Gasteiger charge is -2.35. The molecule has 1 aliphatic heterocycles. The Kier molecular flexibility index (Phi) is 3.73. The van der Waals surface area contributed by atoms with E-state index in [1.807, 2.05) is 30.3 Å². The Hall–Kier alpha value is -1.73. The van der Waals surface area contributed by atoms with Crippen LogP contribution in [0.5, 0.6) is 0 Å². The van der Waals surface area contributed by atoms with Crippen LogP contribution in [0.2, 0.25) is 0 Å². The molecular formula is C11H13N3O3S. The maximum atomic E-state index is 11.6. The number of hydrogen-bond acceptors (Lipinski definition) is 3. The van der Waals surface area contributed by atoms with E-state index in [4.69, 9.17) is 5.14 Å². The predicted molar refractivity (Wildman–Crippen MR) is 66.1 cm³/mol. The van der Waals surface area contributed by atoms with Crippen molar-refractivity contribution in [3.63, 3.8) is 0 Å². The molecule has 2 amide bonds. The van der Waals surface area contributed by atoms with Crippen LogP contribution in [0.4, 0.5) is 0 Å². The van der Waals surface area contributed by atoms with E-state index >= 15 is 0 Å². The minimum absolute atomic E-state index is 0.197. The zero-order chi connectivity index (χ0) is 13.1. The van der Waals surface area contributed by atoms with Gasteiger partial charge in [0.15, 0.2) is 11.2 Å². The zero-order valence-electron chi connectivity index (χ0n) is 9.54. The van der Waals surface area contributed by atoms with Crippen LogP contribution < -0.4 is 10.5 Å². The fourth-order valence-corrected chi connectivity index (χ4v) is 2.29. The average Bonchev–Trinajstić information content (AvgIpc) is 2.34. The van der Waals surface area contributed by atoms with Crippen LogP contribution in [0, 0.1) is 0 Å². The number of benzene rings is 1. The van der Waals surface area contributed by atoms with Crippen molar-refractivity contribution in [3.05, 3.63) is 35.9 Å². The van der Waals surface area contributed by atoms with Gasteiger partial charge in [-0.2, -0.15) is 0 Å². The van der Waals surface area contributed by atoms with Gasteiger partial charge in [-0.25, -0.2) is 13.7 Å². The number of carbonyl (C=O) groups is 2. The molecule has 0 spiro atoms. The fourth-order valence-electron chi connectivity index (χ4n) is 1.69. The second-order valence-corrected chi connectivity index (χ2v) is 4.95. The van der Waals surface area contributed by atoms with Crippen molar-refractivity contribution in [1.29, 1.82) is 0 Å². The van der Waals surface area contributed by atoms with Gasteiger partial charge in [0.25, 0.3) is 5.91 Å². The number of amides is 2. The van der Waals surface area contributed by atoms with Gasteiger partial charge < -0.3 is 5.32 Å². The monoisotopic (exact) mass is 267 g/mol. The molecule has 0 bridgehead atoms. The minimum atomic E-state index is -1.79. The first-order chi connectivity index (χ1) is 8.58. The van der Waals surface area contributed by atoms with Crippen LogP contribution in [-0.4, -0.2) is 32.9 Å². The average molecular weight is 267 g/mol. The summed E-state index contributed by atoms with van der Waals surface area (Å²) in [5.41, 5.74) is 0.876. The third-order valence-electron chi connectivity index (χ3n) is 2.65. The molecule has 1 aromatic rings. The van der Waals surface area contributed by atoms with E-state index in [1.54, 1.807) is 0 Å². The highest BCUT2D eigenvalue weighted by atomic mass is 32.2. The first-order valence-electron chi connectivity index (χ1n) is 5.39. The predicted octanol–water partition coefficient (Wildman–Crippen LogP) is -0.906. The Labute approximate surface area is 107 Å². The number of nitrogens with two attached hydrogens (primary N) is 1. The first-order valence-corrected chi connectivity index (χ1v) is 6.56. The molecule has 2 unspecified atom stereocenters. The van der Waals surface area contributed by atoms with E-state index in [1.165, 1.54) is 0 Å². The highest BCUT2D eigenvalue weighted by molar-refractivity contribution is 7.80. The van der Waals surface area contributed by atoms with E-state index in [2.05, 4.69) is 5.32 Å². The lowest BCUT2D eigenvalue weighted by atomic mass is 10.1. The summed E-state index contributed by atoms with van der Waals surface area (Å²) in [6.45, 7) is 0.197. The van der Waals surface area contributed by atoms with Crippen molar-refractivity contribution >= 4 is 23.0 Å². The highest BCUT2D eigenvalue weighted by Gasteiger charge is 2.40. The molecule has 0 radical (unpaired) electrons. The topological polar surface area (TPSA) is 92.5 Å². The number of rotatable bonds is 4. The van der Waals surface area contributed by atoms with Crippen molar-refractivity contribution < 1.29 is 13.8 Å². The molecule has 7 heteroatoms. The smallest absolute Gasteiger partial charge is 0.259 e. The summed E-state index contributed by atoms with van der Waals surface area (Å²) in [6.07, 6.45) is 0.219. The van der Waals surface area contributed by atoms with Gasteiger partial charge in [0.2, 0.25) is 5.91 Å². The Morgan fingerprint density at radius 2 is 2.11 bits per heavy atom. The summed E-state index contributed by atoms with van der Waals surface area (Å²) >= 11 is -1.79. The van der Waals surface area contributed by atoms with Crippen molar-refractivity contribution in [2.45, 2.75) is 12.5 Å². The second-order valence-electron chi connectivity index (χ2n) is 3.96. The van der Waals surface area contributed by atoms with E-state index in [0.29, 0.717) is 0 Å². The van der Waals surface area contributed by atoms with Crippen LogP contribution in [0.25, 0.3) is 0 Å². The lowest BCUT2D eigenvalue weighted by molar-refractivity contribution is -0.139. The molecule has 2 atom stereocenters. The normalized spacial score (nSPS) is 20.2. The van der Waals surface area contributed by atoms with Gasteiger partial charge in [-0.3, -0.25) is 9.59 Å². The number of β-lactam (4-membered cyclic amide) rings is 1. The number of nitrogens with one attached hydrogen (secondary N) is 1. The number of carbonyl (C=O) groups excluding carboxylic acids is 2. The third kappa shape index (κ3) is 2.74. The number of hydrogen-bond donors (Lipinski definition) is 2. The quantitative estimate of drug-likeness (QED) is 0.692. The molecular weight excluding hydrogens is 254 g/mol. The maximum absolute atomic E-state index is 11.6. The Morgan fingerprint density at radius 3 is 2.67 bits per heavy atom. The molecule has 2 rings (SSSR count). The molecule has 0 aliphatic carbocycles. The van der Waals surface area contributed by atoms with Crippen LogP contribution in [-0.2, 0) is 27.2 Å². The molecule has 1 fully saturated rings. The molecule has 18 heavy (non-hydrogen) atoms. The van der Waals surface area contributed by atoms with Gasteiger partial charge in [-0.1, -0.05) is 30.3 Å². The lowest BCUT2D eigenvalue weighted by Crippen LogP contribution is -2.65. The van der Waals surface area contributed by atoms with Crippen LogP contribution in [0.15, 0.2) is 30.3 Å². The molecule has 0 saturated carbocycles. The molecule has 3 N–H and O–H groups in total. The largest absolute Gasteiger partial charge is 0.342 e. The zero-order valence-corrected chi connectivity index (χ0v) is 10.4. The molecule has 1 heterocycles. The van der Waals surface area contributed by atoms with Crippen molar-refractivity contribution in [1.82, 2.24) is 9.62 Å². The molecule has 96 valence electrons. The SMILES string of the molecule is NS(=O)N1CC(NC(=O)Cc2ccccc2)C1=O. The maximum Gasteiger partial charge on any atom is 0.259 e. The second kappa shape index (κ2) is 5.28. The van der Waals surface area contributed by atoms with E-state index in [-0.39, 0.29) is 18.9 Å². The molecule has 1 saturated heterocycles. The summed E-state index contributed by atoms with van der Waals surface area (Å²) in [6, 6.07) is 8.62. The summed E-state index contributed by atoms with van der Waals surface area (Å²) in [4.78, 5) is 23.1. The summed E-state index contributed by atoms with van der Waals surface area (Å²) in [7, 11) is 0. The molecule has 0 aromatic heterocycles. The summed E-state index contributed by atoms with van der Waals surface area (Å²) in [5.74, 6) is -0.640. The standard InChI is InChI=1S/C11H13N3O3S/c12-18(17)14-7-9(11(14)16)13-10(15)6-8-4-2-1-3-5-8/h1-5,9H,6-7,12H2,(H,13,15). The van der Waals surface area contributed by atoms with Gasteiger partial charge in [0.05, 0.1) is 13.0 Å². The Bertz CT molecular complexity index is 492. The highest BCUT2D eigenvalue weighted by Crippen LogP contribution is 2.11. The minimum Gasteiger partial charge on any atom is -0.342 e.